The monoisotopic (exact) mass is 561 g/mol. The van der Waals surface area contributed by atoms with E-state index in [0.29, 0.717) is 59.5 Å². The van der Waals surface area contributed by atoms with E-state index in [9.17, 15) is 4.79 Å². The van der Waals surface area contributed by atoms with Gasteiger partial charge < -0.3 is 14.2 Å². The number of morpholine rings is 1. The minimum absolute atomic E-state index is 0.261. The fraction of sp³-hybridized carbons (Fsp3) is 0.286. The molecule has 12 heteroatoms. The summed E-state index contributed by atoms with van der Waals surface area (Å²) in [5.74, 6) is -1.25. The molecule has 5 heterocycles. The van der Waals surface area contributed by atoms with Gasteiger partial charge >= 0.3 is 0 Å². The molecule has 0 bridgehead atoms. The quantitative estimate of drug-likeness (QED) is 0.325. The molecule has 1 fully saturated rings. The lowest BCUT2D eigenvalue weighted by Crippen LogP contribution is -2.36. The molecule has 0 radical (unpaired) electrons. The third-order valence-electron chi connectivity index (χ3n) is 7.45. The molecule has 9 nitrogen and oxygen atoms in total. The molecule has 1 unspecified atom stereocenters. The highest BCUT2D eigenvalue weighted by atomic mass is 32.1. The lowest BCUT2D eigenvalue weighted by Gasteiger charge is -2.29. The number of aryl methyl sites for hydroxylation is 1. The van der Waals surface area contributed by atoms with E-state index in [1.165, 1.54) is 34.3 Å². The van der Waals surface area contributed by atoms with Gasteiger partial charge in [-0.15, -0.1) is 11.3 Å². The molecule has 0 aliphatic carbocycles. The first-order chi connectivity index (χ1) is 19.5. The van der Waals surface area contributed by atoms with Gasteiger partial charge in [0.2, 0.25) is 0 Å². The Balaban J connectivity index is 1.26. The van der Waals surface area contributed by atoms with E-state index in [-0.39, 0.29) is 17.1 Å². The van der Waals surface area contributed by atoms with E-state index in [2.05, 4.69) is 20.4 Å². The molecule has 1 saturated heterocycles. The van der Waals surface area contributed by atoms with Crippen molar-refractivity contribution in [3.8, 4) is 11.1 Å². The summed E-state index contributed by atoms with van der Waals surface area (Å²) in [5.41, 5.74) is 3.44. The van der Waals surface area contributed by atoms with Crippen LogP contribution in [0.25, 0.3) is 22.0 Å². The normalized spacial score (nSPS) is 15.9. The first kappa shape index (κ1) is 24.9. The topological polar surface area (TPSA) is 90.1 Å². The van der Waals surface area contributed by atoms with Crippen LogP contribution in [0.15, 0.2) is 54.4 Å². The van der Waals surface area contributed by atoms with Crippen LogP contribution >= 0.6 is 11.3 Å². The maximum Gasteiger partial charge on any atom is 0.257 e. The fourth-order valence-corrected chi connectivity index (χ4v) is 6.04. The Kier molecular flexibility index (Phi) is 6.28. The number of fused-ring (bicyclic) bond motifs is 2. The Hall–Kier alpha value is -4.16. The van der Waals surface area contributed by atoms with Crippen molar-refractivity contribution in [3.63, 3.8) is 0 Å². The van der Waals surface area contributed by atoms with E-state index in [0.717, 1.165) is 25.1 Å². The summed E-state index contributed by atoms with van der Waals surface area (Å²) in [5, 5.41) is 9.98. The molecule has 40 heavy (non-hydrogen) atoms. The van der Waals surface area contributed by atoms with Crippen LogP contribution in [0.1, 0.15) is 23.9 Å². The lowest BCUT2D eigenvalue weighted by molar-refractivity contribution is -0.118. The van der Waals surface area contributed by atoms with Gasteiger partial charge in [-0.25, -0.2) is 18.7 Å². The Morgan fingerprint density at radius 3 is 2.70 bits per heavy atom. The Bertz CT molecular complexity index is 1710. The van der Waals surface area contributed by atoms with Gasteiger partial charge in [0.25, 0.3) is 5.91 Å². The molecule has 5 aromatic rings. The SMILES string of the molecule is O=C(Nc1nccs1)C(c1ncn2c1CCC2)n1cc2c(F)cc(-c3ccc(N4CCOCC4)c(F)c3)cc2n1. The predicted octanol–water partition coefficient (Wildman–Crippen LogP) is 4.65. The summed E-state index contributed by atoms with van der Waals surface area (Å²) in [4.78, 5) is 24.2. The van der Waals surface area contributed by atoms with Crippen molar-refractivity contribution in [2.75, 3.05) is 36.5 Å². The summed E-state index contributed by atoms with van der Waals surface area (Å²) in [6.07, 6.45) is 6.63. The second-order valence-electron chi connectivity index (χ2n) is 9.87. The second kappa shape index (κ2) is 10.1. The number of carbonyl (C=O) groups is 1. The molecular formula is C28H25F2N7O2S. The molecule has 0 spiro atoms. The van der Waals surface area contributed by atoms with Crippen molar-refractivity contribution in [2.24, 2.45) is 0 Å². The molecule has 1 amide bonds. The van der Waals surface area contributed by atoms with Crippen LogP contribution in [-0.4, -0.2) is 56.5 Å². The summed E-state index contributed by atoms with van der Waals surface area (Å²) in [6.45, 7) is 3.17. The van der Waals surface area contributed by atoms with Gasteiger partial charge in [0.05, 0.1) is 41.8 Å². The molecular weight excluding hydrogens is 536 g/mol. The van der Waals surface area contributed by atoms with Gasteiger partial charge in [-0.05, 0) is 48.2 Å². The van der Waals surface area contributed by atoms with Crippen molar-refractivity contribution < 1.29 is 18.3 Å². The summed E-state index contributed by atoms with van der Waals surface area (Å²) < 4.78 is 39.4. The van der Waals surface area contributed by atoms with E-state index < -0.39 is 11.9 Å². The third kappa shape index (κ3) is 4.42. The number of rotatable bonds is 6. The molecule has 204 valence electrons. The number of amides is 1. The van der Waals surface area contributed by atoms with Crippen LogP contribution in [0.4, 0.5) is 19.6 Å². The van der Waals surface area contributed by atoms with Crippen molar-refractivity contribution in [1.82, 2.24) is 24.3 Å². The van der Waals surface area contributed by atoms with Crippen molar-refractivity contribution in [3.05, 3.63) is 77.5 Å². The number of nitrogens with zero attached hydrogens (tertiary/aromatic N) is 6. The third-order valence-corrected chi connectivity index (χ3v) is 8.14. The zero-order chi connectivity index (χ0) is 27.2. The average Bonchev–Trinajstić information content (AvgIpc) is 3.76. The maximum absolute atomic E-state index is 15.5. The first-order valence-electron chi connectivity index (χ1n) is 13.1. The van der Waals surface area contributed by atoms with Crippen LogP contribution in [0.2, 0.25) is 0 Å². The molecule has 0 saturated carbocycles. The molecule has 2 aliphatic rings. The minimum atomic E-state index is -0.918. The number of aromatic nitrogens is 5. The standard InChI is InChI=1S/C28H25F2N7O2S/c29-20-13-18(17-3-4-23(21(30)12-17)35-7-9-39-10-8-35)14-22-19(20)15-37(34-22)26(27(38)33-28-31-5-11-40-28)25-24-2-1-6-36(24)16-32-25/h3-5,11-16,26H,1-2,6-10H2,(H,31,33,38). The number of hydrogen-bond acceptors (Lipinski definition) is 7. The number of anilines is 2. The van der Waals surface area contributed by atoms with Crippen molar-refractivity contribution in [1.29, 1.82) is 0 Å². The van der Waals surface area contributed by atoms with Gasteiger partial charge in [0, 0.05) is 43.1 Å². The zero-order valence-corrected chi connectivity index (χ0v) is 22.2. The molecule has 7 rings (SSSR count). The van der Waals surface area contributed by atoms with Gasteiger partial charge in [-0.2, -0.15) is 5.10 Å². The number of thiazole rings is 1. The number of benzene rings is 2. The predicted molar refractivity (Wildman–Crippen MR) is 148 cm³/mol. The number of nitrogens with one attached hydrogen (secondary N) is 1. The summed E-state index contributed by atoms with van der Waals surface area (Å²) in [7, 11) is 0. The Labute approximate surface area is 232 Å². The molecule has 2 aliphatic heterocycles. The fourth-order valence-electron chi connectivity index (χ4n) is 5.51. The first-order valence-corrected chi connectivity index (χ1v) is 14.0. The largest absolute Gasteiger partial charge is 0.378 e. The van der Waals surface area contributed by atoms with Gasteiger partial charge in [0.1, 0.15) is 11.6 Å². The van der Waals surface area contributed by atoms with Crippen LogP contribution in [0, 0.1) is 11.6 Å². The van der Waals surface area contributed by atoms with Gasteiger partial charge in [-0.3, -0.25) is 14.8 Å². The van der Waals surface area contributed by atoms with Crippen LogP contribution in [0.5, 0.6) is 0 Å². The van der Waals surface area contributed by atoms with Crippen LogP contribution < -0.4 is 10.2 Å². The average molecular weight is 562 g/mol. The molecule has 2 aromatic carbocycles. The second-order valence-corrected chi connectivity index (χ2v) is 10.8. The van der Waals surface area contributed by atoms with Crippen LogP contribution in [0.3, 0.4) is 0 Å². The molecule has 1 atom stereocenters. The number of carbonyl (C=O) groups excluding carboxylic acids is 1. The number of ether oxygens (including phenoxy) is 1. The van der Waals surface area contributed by atoms with E-state index in [1.807, 2.05) is 9.47 Å². The smallest absolute Gasteiger partial charge is 0.257 e. The number of hydrogen-bond donors (Lipinski definition) is 1. The van der Waals surface area contributed by atoms with Crippen LogP contribution in [-0.2, 0) is 22.5 Å². The highest BCUT2D eigenvalue weighted by molar-refractivity contribution is 7.13. The number of imidazole rings is 1. The minimum Gasteiger partial charge on any atom is -0.378 e. The summed E-state index contributed by atoms with van der Waals surface area (Å²) >= 11 is 1.31. The Morgan fingerprint density at radius 2 is 1.90 bits per heavy atom. The van der Waals surface area contributed by atoms with Gasteiger partial charge in [-0.1, -0.05) is 6.07 Å². The highest BCUT2D eigenvalue weighted by Gasteiger charge is 2.32. The van der Waals surface area contributed by atoms with Crippen molar-refractivity contribution >= 4 is 39.0 Å². The van der Waals surface area contributed by atoms with Crippen molar-refractivity contribution in [2.45, 2.75) is 25.4 Å². The van der Waals surface area contributed by atoms with Gasteiger partial charge in [0.15, 0.2) is 11.2 Å². The maximum atomic E-state index is 15.5. The molecule has 3 aromatic heterocycles. The zero-order valence-electron chi connectivity index (χ0n) is 21.4. The number of halogens is 2. The highest BCUT2D eigenvalue weighted by Crippen LogP contribution is 2.33. The summed E-state index contributed by atoms with van der Waals surface area (Å²) in [6, 6.07) is 7.08. The molecule has 1 N–H and O–H groups in total. The van der Waals surface area contributed by atoms with E-state index in [1.54, 1.807) is 36.1 Å². The lowest BCUT2D eigenvalue weighted by atomic mass is 10.0. The Morgan fingerprint density at radius 1 is 1.05 bits per heavy atom. The van der Waals surface area contributed by atoms with E-state index >= 15 is 8.78 Å². The van der Waals surface area contributed by atoms with E-state index in [4.69, 9.17) is 4.74 Å².